The van der Waals surface area contributed by atoms with Crippen molar-refractivity contribution >= 4 is 5.91 Å². The highest BCUT2D eigenvalue weighted by Gasteiger charge is 2.30. The average Bonchev–Trinajstić information content (AvgIpc) is 2.84. The fourth-order valence-corrected chi connectivity index (χ4v) is 4.40. The number of amides is 1. The minimum Gasteiger partial charge on any atom is -0.493 e. The SMILES string of the molecule is COc1cc2c(cc1OC)[C@H](CNC(=O)c1ccccc1)N(Cc1ccccc1C)CC2. The predicted octanol–water partition coefficient (Wildman–Crippen LogP) is 4.54. The summed E-state index contributed by atoms with van der Waals surface area (Å²) in [6.45, 7) is 4.39. The molecule has 1 aliphatic heterocycles. The molecule has 1 heterocycles. The molecular weight excluding hydrogens is 400 g/mol. The monoisotopic (exact) mass is 430 g/mol. The zero-order chi connectivity index (χ0) is 22.5. The largest absolute Gasteiger partial charge is 0.493 e. The second-order valence-corrected chi connectivity index (χ2v) is 8.14. The number of carbonyl (C=O) groups is 1. The fraction of sp³-hybridized carbons (Fsp3) is 0.296. The van der Waals surface area contributed by atoms with Gasteiger partial charge in [0.15, 0.2) is 11.5 Å². The van der Waals surface area contributed by atoms with Gasteiger partial charge in [0.1, 0.15) is 0 Å². The van der Waals surface area contributed by atoms with Gasteiger partial charge in [-0.3, -0.25) is 9.69 Å². The van der Waals surface area contributed by atoms with Crippen LogP contribution in [0.3, 0.4) is 0 Å². The van der Waals surface area contributed by atoms with Gasteiger partial charge in [0.25, 0.3) is 5.91 Å². The molecule has 1 N–H and O–H groups in total. The number of nitrogens with one attached hydrogen (secondary N) is 1. The number of carbonyl (C=O) groups excluding carboxylic acids is 1. The van der Waals surface area contributed by atoms with Crippen LogP contribution < -0.4 is 14.8 Å². The first-order chi connectivity index (χ1) is 15.6. The van der Waals surface area contributed by atoms with Crippen LogP contribution in [0.15, 0.2) is 66.7 Å². The number of hydrogen-bond acceptors (Lipinski definition) is 4. The maximum Gasteiger partial charge on any atom is 0.251 e. The maximum absolute atomic E-state index is 12.8. The first-order valence-electron chi connectivity index (χ1n) is 11.0. The molecule has 0 radical (unpaired) electrons. The number of nitrogens with zero attached hydrogens (tertiary/aromatic N) is 1. The Morgan fingerprint density at radius 1 is 1.00 bits per heavy atom. The van der Waals surface area contributed by atoms with Gasteiger partial charge in [-0.15, -0.1) is 0 Å². The van der Waals surface area contributed by atoms with Crippen molar-refractivity contribution in [3.05, 3.63) is 94.5 Å². The van der Waals surface area contributed by atoms with Crippen molar-refractivity contribution in [1.82, 2.24) is 10.2 Å². The molecule has 4 rings (SSSR count). The van der Waals surface area contributed by atoms with Crippen LogP contribution in [0.4, 0.5) is 0 Å². The number of ether oxygens (including phenoxy) is 2. The van der Waals surface area contributed by atoms with Crippen LogP contribution >= 0.6 is 0 Å². The first kappa shape index (κ1) is 21.9. The van der Waals surface area contributed by atoms with Gasteiger partial charge in [0, 0.05) is 25.2 Å². The maximum atomic E-state index is 12.8. The highest BCUT2D eigenvalue weighted by Crippen LogP contribution is 2.38. The van der Waals surface area contributed by atoms with Gasteiger partial charge < -0.3 is 14.8 Å². The number of rotatable bonds is 7. The van der Waals surface area contributed by atoms with E-state index in [1.54, 1.807) is 14.2 Å². The van der Waals surface area contributed by atoms with Crippen molar-refractivity contribution in [1.29, 1.82) is 0 Å². The van der Waals surface area contributed by atoms with Gasteiger partial charge in [0.2, 0.25) is 0 Å². The molecule has 1 amide bonds. The molecule has 3 aromatic carbocycles. The van der Waals surface area contributed by atoms with Crippen molar-refractivity contribution in [3.63, 3.8) is 0 Å². The van der Waals surface area contributed by atoms with Crippen LogP contribution in [-0.2, 0) is 13.0 Å². The standard InChI is InChI=1S/C27H30N2O3/c1-19-9-7-8-12-22(19)18-29-14-13-21-15-25(31-2)26(32-3)16-23(21)24(29)17-28-27(30)20-10-5-4-6-11-20/h4-12,15-16,24H,13-14,17-18H2,1-3H3,(H,28,30)/t24-/m0/s1. The molecule has 0 fully saturated rings. The third-order valence-electron chi connectivity index (χ3n) is 6.24. The van der Waals surface area contributed by atoms with Gasteiger partial charge in [0.05, 0.1) is 20.3 Å². The molecule has 166 valence electrons. The van der Waals surface area contributed by atoms with Crippen LogP contribution in [0, 0.1) is 6.92 Å². The molecule has 0 saturated heterocycles. The van der Waals surface area contributed by atoms with Crippen LogP contribution in [0.5, 0.6) is 11.5 Å². The van der Waals surface area contributed by atoms with E-state index in [0.717, 1.165) is 25.3 Å². The summed E-state index contributed by atoms with van der Waals surface area (Å²) < 4.78 is 11.1. The summed E-state index contributed by atoms with van der Waals surface area (Å²) in [4.78, 5) is 15.2. The van der Waals surface area contributed by atoms with E-state index in [4.69, 9.17) is 9.47 Å². The highest BCUT2D eigenvalue weighted by molar-refractivity contribution is 5.94. The number of hydrogen-bond donors (Lipinski definition) is 1. The number of methoxy groups -OCH3 is 2. The average molecular weight is 431 g/mol. The number of aryl methyl sites for hydroxylation is 1. The lowest BCUT2D eigenvalue weighted by atomic mass is 9.91. The van der Waals surface area contributed by atoms with Gasteiger partial charge in [-0.2, -0.15) is 0 Å². The van der Waals surface area contributed by atoms with Crippen molar-refractivity contribution < 1.29 is 14.3 Å². The zero-order valence-electron chi connectivity index (χ0n) is 18.9. The summed E-state index contributed by atoms with van der Waals surface area (Å²) in [5.74, 6) is 1.39. The van der Waals surface area contributed by atoms with Crippen molar-refractivity contribution in [3.8, 4) is 11.5 Å². The molecule has 0 saturated carbocycles. The van der Waals surface area contributed by atoms with Gasteiger partial charge in [-0.05, 0) is 59.9 Å². The van der Waals surface area contributed by atoms with Crippen molar-refractivity contribution in [2.75, 3.05) is 27.3 Å². The molecule has 1 aliphatic rings. The Morgan fingerprint density at radius 3 is 2.41 bits per heavy atom. The normalized spacial score (nSPS) is 15.7. The first-order valence-corrected chi connectivity index (χ1v) is 11.0. The summed E-state index contributed by atoms with van der Waals surface area (Å²) >= 11 is 0. The summed E-state index contributed by atoms with van der Waals surface area (Å²) in [5, 5.41) is 3.15. The lowest BCUT2D eigenvalue weighted by Gasteiger charge is -2.38. The Bertz CT molecular complexity index is 1080. The summed E-state index contributed by atoms with van der Waals surface area (Å²) in [5.41, 5.74) is 5.66. The molecular formula is C27H30N2O3. The van der Waals surface area contributed by atoms with Crippen molar-refractivity contribution in [2.45, 2.75) is 25.9 Å². The summed E-state index contributed by atoms with van der Waals surface area (Å²) in [6, 6.07) is 22.0. The Hall–Kier alpha value is -3.31. The van der Waals surface area contributed by atoms with E-state index < -0.39 is 0 Å². The number of fused-ring (bicyclic) bond motifs is 1. The van der Waals surface area contributed by atoms with Crippen LogP contribution in [0.1, 0.15) is 38.7 Å². The summed E-state index contributed by atoms with van der Waals surface area (Å²) in [6.07, 6.45) is 0.921. The Balaban J connectivity index is 1.64. The molecule has 32 heavy (non-hydrogen) atoms. The lowest BCUT2D eigenvalue weighted by Crippen LogP contribution is -2.42. The second-order valence-electron chi connectivity index (χ2n) is 8.14. The molecule has 5 heteroatoms. The topological polar surface area (TPSA) is 50.8 Å². The Labute approximate surface area is 190 Å². The van der Waals surface area contributed by atoms with Crippen LogP contribution in [-0.4, -0.2) is 38.1 Å². The van der Waals surface area contributed by atoms with E-state index in [1.807, 2.05) is 30.3 Å². The van der Waals surface area contributed by atoms with E-state index in [0.29, 0.717) is 17.9 Å². The molecule has 1 atom stereocenters. The van der Waals surface area contributed by atoms with Gasteiger partial charge >= 0.3 is 0 Å². The number of benzene rings is 3. The fourth-order valence-electron chi connectivity index (χ4n) is 4.40. The van der Waals surface area contributed by atoms with E-state index in [-0.39, 0.29) is 11.9 Å². The smallest absolute Gasteiger partial charge is 0.251 e. The molecule has 3 aromatic rings. The third-order valence-corrected chi connectivity index (χ3v) is 6.24. The van der Waals surface area contributed by atoms with E-state index in [2.05, 4.69) is 53.5 Å². The quantitative estimate of drug-likeness (QED) is 0.598. The van der Waals surface area contributed by atoms with Crippen LogP contribution in [0.25, 0.3) is 0 Å². The lowest BCUT2D eigenvalue weighted by molar-refractivity contribution is 0.0925. The van der Waals surface area contributed by atoms with E-state index >= 15 is 0 Å². The molecule has 5 nitrogen and oxygen atoms in total. The van der Waals surface area contributed by atoms with Gasteiger partial charge in [-0.25, -0.2) is 0 Å². The second kappa shape index (κ2) is 9.88. The minimum absolute atomic E-state index is 0.0332. The minimum atomic E-state index is -0.0611. The zero-order valence-corrected chi connectivity index (χ0v) is 18.9. The van der Waals surface area contributed by atoms with Gasteiger partial charge in [-0.1, -0.05) is 42.5 Å². The molecule has 0 aromatic heterocycles. The molecule has 0 aliphatic carbocycles. The highest BCUT2D eigenvalue weighted by atomic mass is 16.5. The predicted molar refractivity (Wildman–Crippen MR) is 126 cm³/mol. The van der Waals surface area contributed by atoms with Crippen LogP contribution in [0.2, 0.25) is 0 Å². The van der Waals surface area contributed by atoms with E-state index in [9.17, 15) is 4.79 Å². The van der Waals surface area contributed by atoms with E-state index in [1.165, 1.54) is 22.3 Å². The Kier molecular flexibility index (Phi) is 6.76. The molecule has 0 spiro atoms. The van der Waals surface area contributed by atoms with Crippen molar-refractivity contribution in [2.24, 2.45) is 0 Å². The molecule has 0 bridgehead atoms. The Morgan fingerprint density at radius 2 is 1.69 bits per heavy atom. The molecule has 0 unspecified atom stereocenters. The summed E-state index contributed by atoms with van der Waals surface area (Å²) in [7, 11) is 3.32. The third kappa shape index (κ3) is 4.63.